The molecule has 3 aromatic heterocycles. The van der Waals surface area contributed by atoms with Crippen molar-refractivity contribution in [1.82, 2.24) is 24.4 Å². The molecule has 1 aliphatic rings. The number of anilines is 1. The van der Waals surface area contributed by atoms with E-state index in [1.54, 1.807) is 38.1 Å². The number of aryl methyl sites for hydroxylation is 2. The molecule has 0 saturated carbocycles. The summed E-state index contributed by atoms with van der Waals surface area (Å²) in [6, 6.07) is 9.48. The Bertz CT molecular complexity index is 2310. The predicted molar refractivity (Wildman–Crippen MR) is 191 cm³/mol. The summed E-state index contributed by atoms with van der Waals surface area (Å²) in [5.74, 6) is -2.66. The van der Waals surface area contributed by atoms with Crippen LogP contribution in [0.3, 0.4) is 0 Å². The largest absolute Gasteiger partial charge is 0.511 e. The van der Waals surface area contributed by atoms with Crippen LogP contribution >= 0.6 is 0 Å². The van der Waals surface area contributed by atoms with Crippen molar-refractivity contribution in [3.63, 3.8) is 0 Å². The molecule has 0 bridgehead atoms. The van der Waals surface area contributed by atoms with Crippen LogP contribution in [0.4, 0.5) is 14.9 Å². The summed E-state index contributed by atoms with van der Waals surface area (Å²) in [5.41, 5.74) is 0.731. The molecule has 0 aliphatic carbocycles. The summed E-state index contributed by atoms with van der Waals surface area (Å²) in [4.78, 5) is 77.0. The Balaban J connectivity index is 1.37. The minimum atomic E-state index is -1.44. The lowest BCUT2D eigenvalue weighted by Gasteiger charge is -2.29. The smallest absolute Gasteiger partial charge is 0.435 e. The van der Waals surface area contributed by atoms with Gasteiger partial charge in [-0.3, -0.25) is 24.1 Å². The Morgan fingerprint density at radius 3 is 2.55 bits per heavy atom. The van der Waals surface area contributed by atoms with Crippen molar-refractivity contribution < 1.29 is 37.7 Å². The first-order valence-electron chi connectivity index (χ1n) is 16.9. The second-order valence-electron chi connectivity index (χ2n) is 12.3. The van der Waals surface area contributed by atoms with Gasteiger partial charge in [0, 0.05) is 56.9 Å². The van der Waals surface area contributed by atoms with Crippen LogP contribution in [0.5, 0.6) is 0 Å². The highest BCUT2D eigenvalue weighted by atomic mass is 19.1. The normalized spacial score (nSPS) is 14.1. The van der Waals surface area contributed by atoms with Gasteiger partial charge in [0.1, 0.15) is 11.9 Å². The van der Waals surface area contributed by atoms with Crippen LogP contribution in [0.2, 0.25) is 0 Å². The summed E-state index contributed by atoms with van der Waals surface area (Å²) >= 11 is 0. The van der Waals surface area contributed by atoms with Crippen molar-refractivity contribution in [2.75, 3.05) is 37.8 Å². The molecular weight excluding hydrogens is 691 g/mol. The number of fused-ring (bicyclic) bond motifs is 2. The average molecular weight is 729 g/mol. The second-order valence-corrected chi connectivity index (χ2v) is 12.3. The first kappa shape index (κ1) is 36.6. The lowest BCUT2D eigenvalue weighted by atomic mass is 9.99. The molecule has 4 heterocycles. The number of benzene rings is 2. The second kappa shape index (κ2) is 15.6. The zero-order chi connectivity index (χ0) is 37.8. The van der Waals surface area contributed by atoms with E-state index < -0.39 is 47.4 Å². The molecule has 1 amide bonds. The van der Waals surface area contributed by atoms with Gasteiger partial charge in [0.2, 0.25) is 6.29 Å². The molecule has 5 aromatic rings. The number of nitrogens with one attached hydrogen (secondary N) is 1. The Hall–Kier alpha value is -6.16. The molecule has 1 aliphatic heterocycles. The van der Waals surface area contributed by atoms with Crippen LogP contribution in [0.25, 0.3) is 27.5 Å². The fraction of sp³-hybridized carbons (Fsp3) is 0.324. The van der Waals surface area contributed by atoms with Crippen LogP contribution in [0, 0.1) is 12.7 Å². The molecule has 2 atom stereocenters. The fourth-order valence-corrected chi connectivity index (χ4v) is 6.30. The van der Waals surface area contributed by atoms with Crippen molar-refractivity contribution in [3.8, 4) is 5.69 Å². The molecule has 1 N–H and O–H groups in total. The third-order valence-electron chi connectivity index (χ3n) is 8.85. The number of amides is 1. The van der Waals surface area contributed by atoms with Gasteiger partial charge < -0.3 is 29.2 Å². The Kier molecular flexibility index (Phi) is 10.8. The highest BCUT2D eigenvalue weighted by molar-refractivity contribution is 5.99. The van der Waals surface area contributed by atoms with E-state index in [2.05, 4.69) is 15.3 Å². The standard InChI is InChI=1S/C37H37FN6O9/c1-5-51-37(49)53-22(3)52-35(47)28(41-33(45)31-21(2)17-24(19-27(31)38)43-13-15-50-16-14-43)18-23-8-9-29(32-25(23)7-6-11-40-32)44-34(46)26-10-12-39-20-30(26)42(4)36(44)48/h6-12,17,19-20,22,28H,5,13-16,18H2,1-4H3,(H,41,45)/t22?,28-/m0/s1. The van der Waals surface area contributed by atoms with Crippen molar-refractivity contribution in [1.29, 1.82) is 0 Å². The number of aromatic nitrogens is 4. The highest BCUT2D eigenvalue weighted by Gasteiger charge is 2.30. The van der Waals surface area contributed by atoms with Crippen LogP contribution in [0.15, 0.2) is 70.6 Å². The summed E-state index contributed by atoms with van der Waals surface area (Å²) in [6.45, 7) is 6.60. The number of ether oxygens (including phenoxy) is 4. The number of hydrogen-bond acceptors (Lipinski definition) is 12. The van der Waals surface area contributed by atoms with E-state index in [-0.39, 0.29) is 35.2 Å². The maximum atomic E-state index is 15.7. The van der Waals surface area contributed by atoms with E-state index in [9.17, 15) is 24.0 Å². The number of carbonyl (C=O) groups excluding carboxylic acids is 3. The van der Waals surface area contributed by atoms with E-state index >= 15 is 4.39 Å². The predicted octanol–water partition coefficient (Wildman–Crippen LogP) is 3.32. The van der Waals surface area contributed by atoms with E-state index in [0.29, 0.717) is 54.0 Å². The van der Waals surface area contributed by atoms with Crippen LogP contribution in [-0.4, -0.2) is 82.4 Å². The van der Waals surface area contributed by atoms with Crippen molar-refractivity contribution in [3.05, 3.63) is 104 Å². The van der Waals surface area contributed by atoms with Gasteiger partial charge in [0.15, 0.2) is 0 Å². The monoisotopic (exact) mass is 728 g/mol. The number of pyridine rings is 2. The van der Waals surface area contributed by atoms with Gasteiger partial charge in [0.25, 0.3) is 11.5 Å². The van der Waals surface area contributed by atoms with Gasteiger partial charge in [-0.25, -0.2) is 23.3 Å². The molecule has 15 nitrogen and oxygen atoms in total. The third kappa shape index (κ3) is 7.58. The van der Waals surface area contributed by atoms with Gasteiger partial charge in [-0.15, -0.1) is 0 Å². The molecule has 53 heavy (non-hydrogen) atoms. The summed E-state index contributed by atoms with van der Waals surface area (Å²) in [6.07, 6.45) is 1.70. The molecule has 0 spiro atoms. The fourth-order valence-electron chi connectivity index (χ4n) is 6.30. The van der Waals surface area contributed by atoms with Gasteiger partial charge in [-0.1, -0.05) is 12.1 Å². The summed E-state index contributed by atoms with van der Waals surface area (Å²) < 4.78 is 38.5. The molecule has 2 aromatic carbocycles. The van der Waals surface area contributed by atoms with E-state index in [1.807, 2.05) is 4.90 Å². The van der Waals surface area contributed by atoms with Gasteiger partial charge in [-0.05, 0) is 55.3 Å². The quantitative estimate of drug-likeness (QED) is 0.165. The Labute approximate surface area is 301 Å². The van der Waals surface area contributed by atoms with Gasteiger partial charge in [-0.2, -0.15) is 0 Å². The maximum Gasteiger partial charge on any atom is 0.511 e. The Morgan fingerprint density at radius 1 is 1.04 bits per heavy atom. The lowest BCUT2D eigenvalue weighted by Crippen LogP contribution is -2.45. The average Bonchev–Trinajstić information content (AvgIpc) is 3.14. The zero-order valence-corrected chi connectivity index (χ0v) is 29.5. The lowest BCUT2D eigenvalue weighted by molar-refractivity contribution is -0.170. The first-order valence-corrected chi connectivity index (χ1v) is 16.9. The first-order chi connectivity index (χ1) is 25.5. The van der Waals surface area contributed by atoms with Gasteiger partial charge >= 0.3 is 17.8 Å². The summed E-state index contributed by atoms with van der Waals surface area (Å²) in [7, 11) is 1.53. The number of hydrogen-bond donors (Lipinski definition) is 1. The topological polar surface area (TPSA) is 173 Å². The van der Waals surface area contributed by atoms with E-state index in [0.717, 1.165) is 4.57 Å². The Morgan fingerprint density at radius 2 is 1.81 bits per heavy atom. The molecule has 0 radical (unpaired) electrons. The highest BCUT2D eigenvalue weighted by Crippen LogP contribution is 2.26. The number of esters is 1. The van der Waals surface area contributed by atoms with E-state index in [1.165, 1.54) is 55.3 Å². The van der Waals surface area contributed by atoms with Crippen LogP contribution in [-0.2, 0) is 37.2 Å². The molecular formula is C37H37FN6O9. The van der Waals surface area contributed by atoms with Crippen molar-refractivity contribution in [2.45, 2.75) is 39.5 Å². The number of carbonyl (C=O) groups is 3. The molecule has 6 rings (SSSR count). The third-order valence-corrected chi connectivity index (χ3v) is 8.85. The number of nitrogens with zero attached hydrogens (tertiary/aromatic N) is 5. The minimum absolute atomic E-state index is 0.0269. The number of halogens is 1. The maximum absolute atomic E-state index is 15.7. The van der Waals surface area contributed by atoms with Crippen LogP contribution < -0.4 is 21.5 Å². The molecule has 1 saturated heterocycles. The zero-order valence-electron chi connectivity index (χ0n) is 29.5. The molecule has 1 fully saturated rings. The van der Waals surface area contributed by atoms with Gasteiger partial charge in [0.05, 0.1) is 53.7 Å². The van der Waals surface area contributed by atoms with E-state index in [4.69, 9.17) is 18.9 Å². The number of rotatable bonds is 10. The molecule has 276 valence electrons. The SMILES string of the molecule is CCOC(=O)OC(C)OC(=O)[C@H](Cc1ccc(-n2c(=O)c3ccncc3n(C)c2=O)c2ncccc12)NC(=O)c1c(C)cc(N2CCOCC2)cc1F. The minimum Gasteiger partial charge on any atom is -0.435 e. The van der Waals surface area contributed by atoms with Crippen molar-refractivity contribution in [2.24, 2.45) is 7.05 Å². The molecule has 1 unspecified atom stereocenters. The summed E-state index contributed by atoms with van der Waals surface area (Å²) in [5, 5.41) is 3.33. The van der Waals surface area contributed by atoms with Crippen molar-refractivity contribution >= 4 is 45.5 Å². The molecule has 16 heteroatoms. The van der Waals surface area contributed by atoms with Crippen LogP contribution in [0.1, 0.15) is 35.3 Å². The number of morpholine rings is 1.